The predicted molar refractivity (Wildman–Crippen MR) is 55.1 cm³/mol. The number of allylic oxidation sites excluding steroid dienone is 6. The zero-order valence-electron chi connectivity index (χ0n) is 8.78. The lowest BCUT2D eigenvalue weighted by molar-refractivity contribution is 1.14. The summed E-state index contributed by atoms with van der Waals surface area (Å²) in [6.45, 7) is 11.1. The fraction of sp³-hybridized carbons (Fsp3) is 0.500. The van der Waals surface area contributed by atoms with E-state index in [1.165, 1.54) is 27.9 Å². The molecule has 1 aliphatic carbocycles. The van der Waals surface area contributed by atoms with Gasteiger partial charge in [-0.15, -0.1) is 0 Å². The summed E-state index contributed by atoms with van der Waals surface area (Å²) in [5, 5.41) is 0. The summed E-state index contributed by atoms with van der Waals surface area (Å²) in [4.78, 5) is 0. The van der Waals surface area contributed by atoms with Crippen molar-refractivity contribution in [2.24, 2.45) is 0 Å². The molecule has 0 aromatic heterocycles. The summed E-state index contributed by atoms with van der Waals surface area (Å²) in [6.07, 6.45) is 3.44. The second kappa shape index (κ2) is 3.30. The smallest absolute Gasteiger partial charge is 0.0130 e. The molecule has 0 unspecified atom stereocenters. The zero-order valence-corrected chi connectivity index (χ0v) is 8.78. The highest BCUT2D eigenvalue weighted by atomic mass is 14.1. The molecule has 12 heavy (non-hydrogen) atoms. The molecular weight excluding hydrogens is 144 g/mol. The van der Waals surface area contributed by atoms with Gasteiger partial charge in [0, 0.05) is 0 Å². The molecule has 0 amide bonds. The van der Waals surface area contributed by atoms with Gasteiger partial charge in [0.05, 0.1) is 0 Å². The maximum Gasteiger partial charge on any atom is -0.0130 e. The molecule has 0 bridgehead atoms. The van der Waals surface area contributed by atoms with Crippen LogP contribution in [-0.4, -0.2) is 0 Å². The van der Waals surface area contributed by atoms with E-state index in [-0.39, 0.29) is 0 Å². The van der Waals surface area contributed by atoms with Crippen LogP contribution in [-0.2, 0) is 0 Å². The first kappa shape index (κ1) is 9.31. The van der Waals surface area contributed by atoms with Crippen LogP contribution in [0.1, 0.15) is 41.0 Å². The summed E-state index contributed by atoms with van der Waals surface area (Å²) >= 11 is 0. The highest BCUT2D eigenvalue weighted by Crippen LogP contribution is 2.27. The van der Waals surface area contributed by atoms with Crippen LogP contribution in [0.2, 0.25) is 0 Å². The van der Waals surface area contributed by atoms with Crippen LogP contribution in [0.5, 0.6) is 0 Å². The van der Waals surface area contributed by atoms with E-state index in [0.717, 1.165) is 6.42 Å². The first-order valence-electron chi connectivity index (χ1n) is 4.55. The minimum atomic E-state index is 1.12. The minimum absolute atomic E-state index is 1.12. The standard InChI is InChI=1S/C12H18/c1-8-6-7-9(2)11(4)12(5)10(8)3/h6H,7H2,1-5H3. The van der Waals surface area contributed by atoms with Crippen LogP contribution in [0.25, 0.3) is 0 Å². The second-order valence-corrected chi connectivity index (χ2v) is 3.75. The monoisotopic (exact) mass is 162 g/mol. The molecule has 0 fully saturated rings. The molecule has 0 atom stereocenters. The van der Waals surface area contributed by atoms with Gasteiger partial charge in [-0.3, -0.25) is 0 Å². The van der Waals surface area contributed by atoms with Crippen LogP contribution in [0.4, 0.5) is 0 Å². The minimum Gasteiger partial charge on any atom is -0.0772 e. The predicted octanol–water partition coefficient (Wildman–Crippen LogP) is 4.01. The number of rotatable bonds is 0. The largest absolute Gasteiger partial charge is 0.0772 e. The van der Waals surface area contributed by atoms with Crippen LogP contribution in [0.3, 0.4) is 0 Å². The number of hydrogen-bond donors (Lipinski definition) is 0. The van der Waals surface area contributed by atoms with Gasteiger partial charge in [-0.1, -0.05) is 17.2 Å². The van der Waals surface area contributed by atoms with Crippen LogP contribution in [0, 0.1) is 0 Å². The van der Waals surface area contributed by atoms with E-state index < -0.39 is 0 Å². The third kappa shape index (κ3) is 1.52. The fourth-order valence-electron chi connectivity index (χ4n) is 1.51. The van der Waals surface area contributed by atoms with Gasteiger partial charge in [0.25, 0.3) is 0 Å². The van der Waals surface area contributed by atoms with E-state index in [4.69, 9.17) is 0 Å². The Labute approximate surface area is 75.7 Å². The quantitative estimate of drug-likeness (QED) is 0.505. The molecular formula is C12H18. The summed E-state index contributed by atoms with van der Waals surface area (Å²) in [7, 11) is 0. The van der Waals surface area contributed by atoms with E-state index in [0.29, 0.717) is 0 Å². The average Bonchev–Trinajstić information content (AvgIpc) is 2.14. The topological polar surface area (TPSA) is 0 Å². The molecule has 0 spiro atoms. The Bertz CT molecular complexity index is 285. The van der Waals surface area contributed by atoms with Crippen molar-refractivity contribution >= 4 is 0 Å². The number of hydrogen-bond acceptors (Lipinski definition) is 0. The Hall–Kier alpha value is -0.780. The van der Waals surface area contributed by atoms with Gasteiger partial charge >= 0.3 is 0 Å². The normalized spacial score (nSPS) is 19.6. The van der Waals surface area contributed by atoms with Crippen molar-refractivity contribution in [2.45, 2.75) is 41.0 Å². The fourth-order valence-corrected chi connectivity index (χ4v) is 1.51. The van der Waals surface area contributed by atoms with Crippen LogP contribution in [0.15, 0.2) is 33.9 Å². The van der Waals surface area contributed by atoms with Crippen molar-refractivity contribution < 1.29 is 0 Å². The van der Waals surface area contributed by atoms with Crippen LogP contribution < -0.4 is 0 Å². The molecule has 1 rings (SSSR count). The van der Waals surface area contributed by atoms with Gasteiger partial charge in [-0.05, 0) is 57.8 Å². The molecule has 0 N–H and O–H groups in total. The summed E-state index contributed by atoms with van der Waals surface area (Å²) < 4.78 is 0. The van der Waals surface area contributed by atoms with Gasteiger partial charge in [0.15, 0.2) is 0 Å². The molecule has 0 radical (unpaired) electrons. The molecule has 0 nitrogen and oxygen atoms in total. The second-order valence-electron chi connectivity index (χ2n) is 3.75. The molecule has 0 heterocycles. The Balaban J connectivity index is 3.23. The van der Waals surface area contributed by atoms with Gasteiger partial charge in [-0.25, -0.2) is 0 Å². The van der Waals surface area contributed by atoms with Crippen molar-refractivity contribution in [3.05, 3.63) is 33.9 Å². The van der Waals surface area contributed by atoms with E-state index in [2.05, 4.69) is 40.7 Å². The first-order valence-corrected chi connectivity index (χ1v) is 4.55. The van der Waals surface area contributed by atoms with Gasteiger partial charge in [-0.2, -0.15) is 0 Å². The Morgan fingerprint density at radius 2 is 1.42 bits per heavy atom. The first-order chi connectivity index (χ1) is 5.54. The lowest BCUT2D eigenvalue weighted by atomic mass is 9.99. The molecule has 0 aliphatic heterocycles. The Morgan fingerprint density at radius 3 is 2.00 bits per heavy atom. The van der Waals surface area contributed by atoms with Crippen molar-refractivity contribution in [2.75, 3.05) is 0 Å². The lowest BCUT2D eigenvalue weighted by Gasteiger charge is -2.07. The highest BCUT2D eigenvalue weighted by Gasteiger charge is 2.07. The average molecular weight is 162 g/mol. The van der Waals surface area contributed by atoms with Crippen molar-refractivity contribution in [3.63, 3.8) is 0 Å². The molecule has 0 heteroatoms. The molecule has 0 aromatic carbocycles. The van der Waals surface area contributed by atoms with Crippen molar-refractivity contribution in [3.8, 4) is 0 Å². The maximum atomic E-state index is 2.32. The molecule has 0 aromatic rings. The molecule has 1 aliphatic rings. The van der Waals surface area contributed by atoms with Gasteiger partial charge in [0.1, 0.15) is 0 Å². The maximum absolute atomic E-state index is 2.32. The Kier molecular flexibility index (Phi) is 2.56. The molecule has 0 saturated heterocycles. The van der Waals surface area contributed by atoms with Gasteiger partial charge in [0.2, 0.25) is 0 Å². The third-order valence-electron chi connectivity index (χ3n) is 3.07. The lowest BCUT2D eigenvalue weighted by Crippen LogP contribution is -1.87. The summed E-state index contributed by atoms with van der Waals surface area (Å²) in [5.74, 6) is 0. The summed E-state index contributed by atoms with van der Waals surface area (Å²) in [6, 6.07) is 0. The van der Waals surface area contributed by atoms with E-state index in [9.17, 15) is 0 Å². The molecule has 66 valence electrons. The van der Waals surface area contributed by atoms with Crippen molar-refractivity contribution in [1.29, 1.82) is 0 Å². The van der Waals surface area contributed by atoms with Gasteiger partial charge < -0.3 is 0 Å². The molecule has 0 saturated carbocycles. The zero-order chi connectivity index (χ0) is 9.30. The Morgan fingerprint density at radius 1 is 0.833 bits per heavy atom. The van der Waals surface area contributed by atoms with E-state index in [1.54, 1.807) is 0 Å². The summed E-state index contributed by atoms with van der Waals surface area (Å²) in [5.41, 5.74) is 7.32. The highest BCUT2D eigenvalue weighted by molar-refractivity contribution is 5.45. The SMILES string of the molecule is CC1=CCC(C)=C(C)C(C)=C1C. The van der Waals surface area contributed by atoms with Crippen LogP contribution >= 0.6 is 0 Å². The van der Waals surface area contributed by atoms with E-state index in [1.807, 2.05) is 0 Å². The van der Waals surface area contributed by atoms with Crippen molar-refractivity contribution in [1.82, 2.24) is 0 Å². The van der Waals surface area contributed by atoms with E-state index >= 15 is 0 Å². The third-order valence-corrected chi connectivity index (χ3v) is 3.07.